The average molecular weight is 313 g/mol. The van der Waals surface area contributed by atoms with Crippen molar-refractivity contribution >= 4 is 5.91 Å². The molecule has 3 nitrogen and oxygen atoms in total. The van der Waals surface area contributed by atoms with E-state index in [4.69, 9.17) is 4.74 Å². The van der Waals surface area contributed by atoms with Crippen LogP contribution in [0.3, 0.4) is 0 Å². The van der Waals surface area contributed by atoms with Crippen LogP contribution in [-0.4, -0.2) is 36.2 Å². The Kier molecular flexibility index (Phi) is 4.02. The molecule has 6 heteroatoms. The number of fused-ring (bicyclic) bond motifs is 1. The summed E-state index contributed by atoms with van der Waals surface area (Å²) in [5, 5.41) is 0. The number of nitrogens with zero attached hydrogens (tertiary/aromatic N) is 1. The van der Waals surface area contributed by atoms with Gasteiger partial charge in [-0.1, -0.05) is 18.2 Å². The molecule has 1 aliphatic heterocycles. The fraction of sp³-hybridized carbons (Fsp3) is 0.562. The quantitative estimate of drug-likeness (QED) is 0.851. The molecule has 1 unspecified atom stereocenters. The number of para-hydroxylation sites is 1. The highest BCUT2D eigenvalue weighted by atomic mass is 19.4. The van der Waals surface area contributed by atoms with Crippen molar-refractivity contribution in [3.8, 4) is 5.75 Å². The molecule has 1 saturated carbocycles. The predicted molar refractivity (Wildman–Crippen MR) is 74.7 cm³/mol. The second kappa shape index (κ2) is 5.82. The van der Waals surface area contributed by atoms with Crippen molar-refractivity contribution in [2.24, 2.45) is 0 Å². The number of hydrogen-bond acceptors (Lipinski definition) is 2. The molecule has 0 N–H and O–H groups in total. The van der Waals surface area contributed by atoms with E-state index >= 15 is 0 Å². The standard InChI is InChI=1S/C16H18F3NO2/c17-16(18,19)10-20(12-5-6-12)15(21)9-11-7-8-22-14-4-2-1-3-13(11)14/h1-4,11-12H,5-10H2. The van der Waals surface area contributed by atoms with Crippen LogP contribution < -0.4 is 4.74 Å². The zero-order valence-corrected chi connectivity index (χ0v) is 12.1. The van der Waals surface area contributed by atoms with Crippen molar-refractivity contribution in [3.05, 3.63) is 29.8 Å². The molecular weight excluding hydrogens is 295 g/mol. The summed E-state index contributed by atoms with van der Waals surface area (Å²) >= 11 is 0. The van der Waals surface area contributed by atoms with Crippen LogP contribution in [0.15, 0.2) is 24.3 Å². The summed E-state index contributed by atoms with van der Waals surface area (Å²) in [7, 11) is 0. The maximum Gasteiger partial charge on any atom is 0.406 e. The van der Waals surface area contributed by atoms with Crippen molar-refractivity contribution < 1.29 is 22.7 Å². The molecule has 22 heavy (non-hydrogen) atoms. The number of alkyl halides is 3. The van der Waals surface area contributed by atoms with Crippen LogP contribution in [0.5, 0.6) is 5.75 Å². The fourth-order valence-corrected chi connectivity index (χ4v) is 2.96. The summed E-state index contributed by atoms with van der Waals surface area (Å²) in [5.74, 6) is 0.272. The Hall–Kier alpha value is -1.72. The third-order valence-electron chi connectivity index (χ3n) is 4.16. The smallest absolute Gasteiger partial charge is 0.406 e. The first-order chi connectivity index (χ1) is 10.4. The Morgan fingerprint density at radius 2 is 1.95 bits per heavy atom. The highest BCUT2D eigenvalue weighted by molar-refractivity contribution is 5.78. The minimum Gasteiger partial charge on any atom is -0.493 e. The Balaban J connectivity index is 1.71. The van der Waals surface area contributed by atoms with Crippen LogP contribution in [0.2, 0.25) is 0 Å². The van der Waals surface area contributed by atoms with E-state index in [1.165, 1.54) is 0 Å². The van der Waals surface area contributed by atoms with Crippen LogP contribution in [0.1, 0.15) is 37.2 Å². The minimum absolute atomic E-state index is 0.0630. The van der Waals surface area contributed by atoms with Gasteiger partial charge in [-0.3, -0.25) is 4.79 Å². The number of amides is 1. The summed E-state index contributed by atoms with van der Waals surface area (Å²) in [6.07, 6.45) is -2.22. The van der Waals surface area contributed by atoms with Crippen LogP contribution in [0, 0.1) is 0 Å². The van der Waals surface area contributed by atoms with E-state index in [-0.39, 0.29) is 18.4 Å². The van der Waals surface area contributed by atoms with E-state index in [0.717, 1.165) is 16.2 Å². The molecule has 1 aliphatic carbocycles. The maximum atomic E-state index is 12.7. The molecule has 2 aliphatic rings. The van der Waals surface area contributed by atoms with Gasteiger partial charge in [-0.15, -0.1) is 0 Å². The molecule has 0 radical (unpaired) electrons. The normalized spacial score (nSPS) is 21.0. The molecule has 0 spiro atoms. The van der Waals surface area contributed by atoms with Crippen LogP contribution in [-0.2, 0) is 4.79 Å². The van der Waals surface area contributed by atoms with Crippen molar-refractivity contribution in [2.75, 3.05) is 13.2 Å². The van der Waals surface area contributed by atoms with Gasteiger partial charge >= 0.3 is 6.18 Å². The molecule has 0 aromatic heterocycles. The highest BCUT2D eigenvalue weighted by Crippen LogP contribution is 2.37. The van der Waals surface area contributed by atoms with Crippen molar-refractivity contribution in [3.63, 3.8) is 0 Å². The third kappa shape index (κ3) is 3.54. The Labute approximate surface area is 127 Å². The number of halogens is 3. The monoisotopic (exact) mass is 313 g/mol. The van der Waals surface area contributed by atoms with Crippen molar-refractivity contribution in [1.82, 2.24) is 4.90 Å². The first-order valence-corrected chi connectivity index (χ1v) is 7.52. The van der Waals surface area contributed by atoms with Gasteiger partial charge in [0.2, 0.25) is 5.91 Å². The van der Waals surface area contributed by atoms with Gasteiger partial charge in [-0.05, 0) is 36.8 Å². The lowest BCUT2D eigenvalue weighted by Crippen LogP contribution is -2.41. The number of benzene rings is 1. The summed E-state index contributed by atoms with van der Waals surface area (Å²) in [6.45, 7) is -0.640. The van der Waals surface area contributed by atoms with Gasteiger partial charge < -0.3 is 9.64 Å². The molecule has 1 aromatic rings. The van der Waals surface area contributed by atoms with Crippen LogP contribution in [0.25, 0.3) is 0 Å². The second-order valence-corrected chi connectivity index (χ2v) is 5.94. The van der Waals surface area contributed by atoms with Gasteiger partial charge in [0.05, 0.1) is 6.61 Å². The number of carbonyl (C=O) groups is 1. The van der Waals surface area contributed by atoms with Crippen LogP contribution in [0.4, 0.5) is 13.2 Å². The molecular formula is C16H18F3NO2. The largest absolute Gasteiger partial charge is 0.493 e. The van der Waals surface area contributed by atoms with E-state index in [1.54, 1.807) is 0 Å². The van der Waals surface area contributed by atoms with E-state index < -0.39 is 18.6 Å². The zero-order valence-electron chi connectivity index (χ0n) is 12.1. The molecule has 0 bridgehead atoms. The molecule has 1 aromatic carbocycles. The lowest BCUT2D eigenvalue weighted by Gasteiger charge is -2.29. The zero-order chi connectivity index (χ0) is 15.7. The molecule has 1 heterocycles. The molecule has 3 rings (SSSR count). The third-order valence-corrected chi connectivity index (χ3v) is 4.16. The molecule has 120 valence electrons. The predicted octanol–water partition coefficient (Wildman–Crippen LogP) is 3.50. The van der Waals surface area contributed by atoms with Gasteiger partial charge in [0.15, 0.2) is 0 Å². The van der Waals surface area contributed by atoms with Crippen molar-refractivity contribution in [1.29, 1.82) is 0 Å². The average Bonchev–Trinajstić information content (AvgIpc) is 3.29. The SMILES string of the molecule is O=C(CC1CCOc2ccccc21)N(CC(F)(F)F)C1CC1. The summed E-state index contributed by atoms with van der Waals surface area (Å²) in [6, 6.07) is 7.20. The summed E-state index contributed by atoms with van der Waals surface area (Å²) in [5.41, 5.74) is 0.921. The van der Waals surface area contributed by atoms with Crippen molar-refractivity contribution in [2.45, 2.75) is 43.8 Å². The molecule has 1 amide bonds. The minimum atomic E-state index is -4.34. The molecule has 1 fully saturated rings. The first-order valence-electron chi connectivity index (χ1n) is 7.52. The molecule has 0 saturated heterocycles. The van der Waals surface area contributed by atoms with Gasteiger partial charge in [-0.2, -0.15) is 13.2 Å². The van der Waals surface area contributed by atoms with E-state index in [0.29, 0.717) is 25.9 Å². The first kappa shape index (κ1) is 15.2. The van der Waals surface area contributed by atoms with Crippen LogP contribution >= 0.6 is 0 Å². The van der Waals surface area contributed by atoms with E-state index in [2.05, 4.69) is 0 Å². The van der Waals surface area contributed by atoms with Gasteiger partial charge in [0.1, 0.15) is 12.3 Å². The second-order valence-electron chi connectivity index (χ2n) is 5.94. The Morgan fingerprint density at radius 3 is 2.64 bits per heavy atom. The van der Waals surface area contributed by atoms with Gasteiger partial charge in [0.25, 0.3) is 0 Å². The Bertz CT molecular complexity index is 555. The number of rotatable bonds is 4. The van der Waals surface area contributed by atoms with E-state index in [1.807, 2.05) is 24.3 Å². The summed E-state index contributed by atoms with van der Waals surface area (Å²) < 4.78 is 43.5. The fourth-order valence-electron chi connectivity index (χ4n) is 2.96. The Morgan fingerprint density at radius 1 is 1.23 bits per heavy atom. The highest BCUT2D eigenvalue weighted by Gasteiger charge is 2.41. The number of ether oxygens (including phenoxy) is 1. The van der Waals surface area contributed by atoms with Gasteiger partial charge in [-0.25, -0.2) is 0 Å². The lowest BCUT2D eigenvalue weighted by atomic mass is 9.90. The number of carbonyl (C=O) groups excluding carboxylic acids is 1. The maximum absolute atomic E-state index is 12.7. The topological polar surface area (TPSA) is 29.5 Å². The summed E-state index contributed by atoms with van der Waals surface area (Å²) in [4.78, 5) is 13.4. The van der Waals surface area contributed by atoms with Gasteiger partial charge in [0, 0.05) is 12.5 Å². The lowest BCUT2D eigenvalue weighted by molar-refractivity contribution is -0.162. The number of hydrogen-bond donors (Lipinski definition) is 0. The molecule has 1 atom stereocenters. The van der Waals surface area contributed by atoms with E-state index in [9.17, 15) is 18.0 Å².